The highest BCUT2D eigenvalue weighted by Gasteiger charge is 2.22. The zero-order valence-electron chi connectivity index (χ0n) is 19.5. The van der Waals surface area contributed by atoms with Crippen LogP contribution in [-0.4, -0.2) is 45.8 Å². The normalized spacial score (nSPS) is 13.9. The summed E-state index contributed by atoms with van der Waals surface area (Å²) in [5.74, 6) is 0.137. The van der Waals surface area contributed by atoms with Gasteiger partial charge in [-0.1, -0.05) is 18.2 Å². The molecule has 1 aliphatic heterocycles. The Labute approximate surface area is 208 Å². The van der Waals surface area contributed by atoms with Crippen molar-refractivity contribution in [2.75, 3.05) is 18.0 Å². The monoisotopic (exact) mass is 481 g/mol. The van der Waals surface area contributed by atoms with Gasteiger partial charge >= 0.3 is 0 Å². The molecule has 1 N–H and O–H groups in total. The summed E-state index contributed by atoms with van der Waals surface area (Å²) in [4.78, 5) is 40.3. The van der Waals surface area contributed by atoms with Gasteiger partial charge in [-0.25, -0.2) is 9.37 Å². The number of pyridine rings is 3. The summed E-state index contributed by atoms with van der Waals surface area (Å²) in [7, 11) is 0. The second-order valence-corrected chi connectivity index (χ2v) is 8.63. The number of ketones is 1. The van der Waals surface area contributed by atoms with E-state index in [1.165, 1.54) is 18.3 Å². The lowest BCUT2D eigenvalue weighted by Crippen LogP contribution is -2.45. The Kier molecular flexibility index (Phi) is 6.75. The summed E-state index contributed by atoms with van der Waals surface area (Å²) in [6, 6.07) is 18.5. The molecule has 0 radical (unpaired) electrons. The fourth-order valence-corrected chi connectivity index (χ4v) is 4.22. The van der Waals surface area contributed by atoms with E-state index in [1.54, 1.807) is 60.9 Å². The molecule has 7 nitrogen and oxygen atoms in total. The number of aromatic nitrogens is 3. The maximum Gasteiger partial charge on any atom is 0.253 e. The van der Waals surface area contributed by atoms with Crippen LogP contribution in [0.4, 0.5) is 10.2 Å². The predicted octanol–water partition coefficient (Wildman–Crippen LogP) is 4.31. The molecule has 1 aliphatic rings. The number of hydrogen-bond acceptors (Lipinski definition) is 6. The Bertz CT molecular complexity index is 1350. The second kappa shape index (κ2) is 10.4. The van der Waals surface area contributed by atoms with Crippen molar-refractivity contribution < 1.29 is 14.0 Å². The third-order valence-electron chi connectivity index (χ3n) is 6.21. The first kappa shape index (κ1) is 23.3. The van der Waals surface area contributed by atoms with Crippen LogP contribution in [0.15, 0.2) is 85.3 Å². The lowest BCUT2D eigenvalue weighted by atomic mass is 10.0. The number of nitrogens with one attached hydrogen (secondary N) is 1. The summed E-state index contributed by atoms with van der Waals surface area (Å²) in [5.41, 5.74) is 2.63. The molecule has 36 heavy (non-hydrogen) atoms. The molecule has 4 aromatic rings. The fourth-order valence-electron chi connectivity index (χ4n) is 4.22. The maximum absolute atomic E-state index is 13.5. The van der Waals surface area contributed by atoms with E-state index in [0.717, 1.165) is 31.7 Å². The first-order valence-corrected chi connectivity index (χ1v) is 11.8. The first-order chi connectivity index (χ1) is 17.6. The van der Waals surface area contributed by atoms with Crippen LogP contribution in [0.5, 0.6) is 0 Å². The highest BCUT2D eigenvalue weighted by atomic mass is 19.1. The molecule has 1 amide bonds. The first-order valence-electron chi connectivity index (χ1n) is 11.8. The van der Waals surface area contributed by atoms with Crippen LogP contribution in [0.1, 0.15) is 39.3 Å². The largest absolute Gasteiger partial charge is 0.356 e. The number of nitrogens with zero attached hydrogens (tertiary/aromatic N) is 4. The van der Waals surface area contributed by atoms with Crippen molar-refractivity contribution in [2.45, 2.75) is 18.9 Å². The van der Waals surface area contributed by atoms with Gasteiger partial charge in [-0.05, 0) is 61.4 Å². The number of amides is 1. The number of hydrogen-bond donors (Lipinski definition) is 1. The lowest BCUT2D eigenvalue weighted by Gasteiger charge is -2.33. The van der Waals surface area contributed by atoms with Crippen LogP contribution < -0.4 is 10.2 Å². The third kappa shape index (κ3) is 5.27. The number of rotatable bonds is 6. The van der Waals surface area contributed by atoms with Gasteiger partial charge in [-0.3, -0.25) is 19.6 Å². The maximum atomic E-state index is 13.5. The third-order valence-corrected chi connectivity index (χ3v) is 6.21. The zero-order valence-corrected chi connectivity index (χ0v) is 19.5. The van der Waals surface area contributed by atoms with Crippen LogP contribution in [0.2, 0.25) is 0 Å². The van der Waals surface area contributed by atoms with Gasteiger partial charge in [0.05, 0.1) is 11.3 Å². The molecule has 8 heteroatoms. The summed E-state index contributed by atoms with van der Waals surface area (Å²) >= 11 is 0. The molecule has 3 aromatic heterocycles. The van der Waals surface area contributed by atoms with Gasteiger partial charge in [-0.15, -0.1) is 0 Å². The van der Waals surface area contributed by atoms with Gasteiger partial charge in [0.1, 0.15) is 17.3 Å². The minimum atomic E-state index is -0.327. The van der Waals surface area contributed by atoms with Gasteiger partial charge in [-0.2, -0.15) is 0 Å². The van der Waals surface area contributed by atoms with Gasteiger partial charge in [0.15, 0.2) is 0 Å². The molecule has 1 fully saturated rings. The van der Waals surface area contributed by atoms with E-state index in [1.807, 2.05) is 6.07 Å². The molecule has 0 spiro atoms. The van der Waals surface area contributed by atoms with Crippen LogP contribution in [0, 0.1) is 5.82 Å². The molecule has 4 heterocycles. The number of anilines is 1. The Balaban J connectivity index is 1.14. The van der Waals surface area contributed by atoms with E-state index < -0.39 is 0 Å². The van der Waals surface area contributed by atoms with E-state index >= 15 is 0 Å². The summed E-state index contributed by atoms with van der Waals surface area (Å²) in [5, 5.41) is 3.08. The molecular weight excluding hydrogens is 457 g/mol. The van der Waals surface area contributed by atoms with Crippen LogP contribution in [0.3, 0.4) is 0 Å². The smallest absolute Gasteiger partial charge is 0.253 e. The highest BCUT2D eigenvalue weighted by Crippen LogP contribution is 2.20. The standard InChI is InChI=1S/C28H24FN5O2/c29-22-5-3-4-19(16-22)24-9-7-21(18-31-24)28(36)33-23-11-14-34(15-12-23)26-10-8-20(17-32-26)27(35)25-6-1-2-13-30-25/h1-10,13,16-18,23H,11-12,14-15H2,(H,33,36). The lowest BCUT2D eigenvalue weighted by molar-refractivity contribution is 0.0930. The van der Waals surface area contributed by atoms with Crippen molar-refractivity contribution in [1.29, 1.82) is 0 Å². The number of carbonyl (C=O) groups excluding carboxylic acids is 2. The van der Waals surface area contributed by atoms with Crippen molar-refractivity contribution in [3.63, 3.8) is 0 Å². The van der Waals surface area contributed by atoms with Crippen molar-refractivity contribution in [3.8, 4) is 11.3 Å². The van der Waals surface area contributed by atoms with Crippen LogP contribution in [0.25, 0.3) is 11.3 Å². The van der Waals surface area contributed by atoms with Crippen LogP contribution >= 0.6 is 0 Å². The molecular formula is C28H24FN5O2. The zero-order chi connectivity index (χ0) is 24.9. The van der Waals surface area contributed by atoms with Gasteiger partial charge in [0.25, 0.3) is 5.91 Å². The molecule has 1 saturated heterocycles. The van der Waals surface area contributed by atoms with E-state index in [-0.39, 0.29) is 23.5 Å². The molecule has 0 saturated carbocycles. The molecule has 5 rings (SSSR count). The Morgan fingerprint density at radius 1 is 0.861 bits per heavy atom. The van der Waals surface area contributed by atoms with E-state index in [4.69, 9.17) is 0 Å². The number of halogens is 1. The predicted molar refractivity (Wildman–Crippen MR) is 134 cm³/mol. The molecule has 0 aliphatic carbocycles. The number of benzene rings is 1. The van der Waals surface area contributed by atoms with Gasteiger partial charge < -0.3 is 10.2 Å². The molecule has 1 aromatic carbocycles. The highest BCUT2D eigenvalue weighted by molar-refractivity contribution is 6.07. The number of piperidine rings is 1. The average molecular weight is 482 g/mol. The Hall–Kier alpha value is -4.46. The summed E-state index contributed by atoms with van der Waals surface area (Å²) in [6.07, 6.45) is 6.24. The van der Waals surface area contributed by atoms with E-state index in [0.29, 0.717) is 28.1 Å². The van der Waals surface area contributed by atoms with Crippen LogP contribution in [-0.2, 0) is 0 Å². The molecule has 0 atom stereocenters. The Morgan fingerprint density at radius 3 is 2.33 bits per heavy atom. The SMILES string of the molecule is O=C(NC1CCN(c2ccc(C(=O)c3ccccn3)cn2)CC1)c1ccc(-c2cccc(F)c2)nc1. The summed E-state index contributed by atoms with van der Waals surface area (Å²) < 4.78 is 13.5. The quantitative estimate of drug-likeness (QED) is 0.413. The topological polar surface area (TPSA) is 88.1 Å². The van der Waals surface area contributed by atoms with E-state index in [9.17, 15) is 14.0 Å². The van der Waals surface area contributed by atoms with Crippen molar-refractivity contribution in [3.05, 3.63) is 108 Å². The minimum absolute atomic E-state index is 0.0432. The second-order valence-electron chi connectivity index (χ2n) is 8.63. The number of carbonyl (C=O) groups is 2. The minimum Gasteiger partial charge on any atom is -0.356 e. The van der Waals surface area contributed by atoms with Crippen molar-refractivity contribution in [2.24, 2.45) is 0 Å². The average Bonchev–Trinajstić information content (AvgIpc) is 2.94. The van der Waals surface area contributed by atoms with Gasteiger partial charge in [0, 0.05) is 48.8 Å². The Morgan fingerprint density at radius 2 is 1.67 bits per heavy atom. The molecule has 180 valence electrons. The van der Waals surface area contributed by atoms with Gasteiger partial charge in [0.2, 0.25) is 5.78 Å². The molecule has 0 bridgehead atoms. The fraction of sp³-hybridized carbons (Fsp3) is 0.179. The van der Waals surface area contributed by atoms with Crippen molar-refractivity contribution in [1.82, 2.24) is 20.3 Å². The molecule has 0 unspecified atom stereocenters. The summed E-state index contributed by atoms with van der Waals surface area (Å²) in [6.45, 7) is 1.48. The van der Waals surface area contributed by atoms with E-state index in [2.05, 4.69) is 25.2 Å². The van der Waals surface area contributed by atoms with Crippen molar-refractivity contribution >= 4 is 17.5 Å².